The molecule has 0 saturated heterocycles. The van der Waals surface area contributed by atoms with Gasteiger partial charge in [-0.3, -0.25) is 4.79 Å². The smallest absolute Gasteiger partial charge is 0.230 e. The molecule has 0 saturated carbocycles. The largest absolute Gasteiger partial charge is 0.391 e. The number of amides is 1. The van der Waals surface area contributed by atoms with Gasteiger partial charge in [0.15, 0.2) is 0 Å². The van der Waals surface area contributed by atoms with Crippen LogP contribution in [-0.2, 0) is 10.2 Å². The number of rotatable bonds is 6. The van der Waals surface area contributed by atoms with Crippen molar-refractivity contribution in [2.75, 3.05) is 6.54 Å². The monoisotopic (exact) mass is 281 g/mol. The van der Waals surface area contributed by atoms with Gasteiger partial charge < -0.3 is 10.4 Å². The molecule has 0 heterocycles. The van der Waals surface area contributed by atoms with Crippen LogP contribution in [0.1, 0.15) is 39.7 Å². The molecule has 1 aromatic carbocycles. The molecule has 0 aliphatic heterocycles. The van der Waals surface area contributed by atoms with Crippen LogP contribution in [0.2, 0.25) is 0 Å². The third-order valence-electron chi connectivity index (χ3n) is 3.91. The Bertz CT molecular complexity index is 442. The highest BCUT2D eigenvalue weighted by atomic mass is 19.1. The Morgan fingerprint density at radius 3 is 2.40 bits per heavy atom. The maximum Gasteiger partial charge on any atom is 0.230 e. The lowest BCUT2D eigenvalue weighted by molar-refractivity contribution is -0.126. The van der Waals surface area contributed by atoms with Gasteiger partial charge in [0.25, 0.3) is 0 Å². The van der Waals surface area contributed by atoms with E-state index in [1.54, 1.807) is 26.0 Å². The van der Waals surface area contributed by atoms with E-state index < -0.39 is 11.5 Å². The van der Waals surface area contributed by atoms with Crippen molar-refractivity contribution in [2.24, 2.45) is 5.92 Å². The third kappa shape index (κ3) is 4.04. The molecule has 0 radical (unpaired) electrons. The SMILES string of the molecule is CCC(C)C(O)CNC(=O)C(C)(C)c1ccc(F)cc1. The summed E-state index contributed by atoms with van der Waals surface area (Å²) in [5.74, 6) is -0.354. The molecule has 2 N–H and O–H groups in total. The molecule has 1 aromatic rings. The van der Waals surface area contributed by atoms with Crippen LogP contribution < -0.4 is 5.32 Å². The van der Waals surface area contributed by atoms with Crippen molar-refractivity contribution in [2.45, 2.75) is 45.6 Å². The van der Waals surface area contributed by atoms with Gasteiger partial charge in [0.2, 0.25) is 5.91 Å². The second-order valence-corrected chi connectivity index (χ2v) is 5.79. The molecule has 1 amide bonds. The van der Waals surface area contributed by atoms with Gasteiger partial charge in [-0.15, -0.1) is 0 Å². The summed E-state index contributed by atoms with van der Waals surface area (Å²) in [6.07, 6.45) is 0.311. The summed E-state index contributed by atoms with van der Waals surface area (Å²) >= 11 is 0. The fourth-order valence-corrected chi connectivity index (χ4v) is 1.89. The summed E-state index contributed by atoms with van der Waals surface area (Å²) in [5, 5.41) is 12.6. The van der Waals surface area contributed by atoms with Crippen molar-refractivity contribution in [3.8, 4) is 0 Å². The number of nitrogens with one attached hydrogen (secondary N) is 1. The first kappa shape index (κ1) is 16.6. The van der Waals surface area contributed by atoms with Crippen molar-refractivity contribution in [3.63, 3.8) is 0 Å². The minimum absolute atomic E-state index is 0.143. The van der Waals surface area contributed by atoms with Gasteiger partial charge in [-0.05, 0) is 37.5 Å². The van der Waals surface area contributed by atoms with E-state index in [0.717, 1.165) is 12.0 Å². The van der Waals surface area contributed by atoms with Crippen LogP contribution in [0.5, 0.6) is 0 Å². The van der Waals surface area contributed by atoms with Crippen molar-refractivity contribution < 1.29 is 14.3 Å². The van der Waals surface area contributed by atoms with Crippen LogP contribution >= 0.6 is 0 Å². The van der Waals surface area contributed by atoms with Gasteiger partial charge in [0.1, 0.15) is 5.82 Å². The van der Waals surface area contributed by atoms with E-state index >= 15 is 0 Å². The zero-order chi connectivity index (χ0) is 15.3. The molecule has 2 unspecified atom stereocenters. The Morgan fingerprint density at radius 1 is 1.35 bits per heavy atom. The highest BCUT2D eigenvalue weighted by Gasteiger charge is 2.30. The molecule has 20 heavy (non-hydrogen) atoms. The Balaban J connectivity index is 2.68. The van der Waals surface area contributed by atoms with Crippen LogP contribution in [-0.4, -0.2) is 23.7 Å². The molecule has 0 fully saturated rings. The van der Waals surface area contributed by atoms with Crippen molar-refractivity contribution in [1.82, 2.24) is 5.32 Å². The first-order valence-corrected chi connectivity index (χ1v) is 7.01. The molecule has 2 atom stereocenters. The lowest BCUT2D eigenvalue weighted by Crippen LogP contribution is -2.44. The van der Waals surface area contributed by atoms with Gasteiger partial charge in [-0.2, -0.15) is 0 Å². The van der Waals surface area contributed by atoms with E-state index in [0.29, 0.717) is 0 Å². The van der Waals surface area contributed by atoms with E-state index in [2.05, 4.69) is 5.32 Å². The Kier molecular flexibility index (Phi) is 5.69. The van der Waals surface area contributed by atoms with E-state index in [1.807, 2.05) is 13.8 Å². The molecule has 0 aliphatic carbocycles. The molecular weight excluding hydrogens is 257 g/mol. The first-order chi connectivity index (χ1) is 9.28. The average molecular weight is 281 g/mol. The number of hydrogen-bond donors (Lipinski definition) is 2. The number of hydrogen-bond acceptors (Lipinski definition) is 2. The van der Waals surface area contributed by atoms with Gasteiger partial charge >= 0.3 is 0 Å². The topological polar surface area (TPSA) is 49.3 Å². The van der Waals surface area contributed by atoms with E-state index in [1.165, 1.54) is 12.1 Å². The number of aliphatic hydroxyl groups is 1. The molecule has 0 bridgehead atoms. The van der Waals surface area contributed by atoms with Gasteiger partial charge in [-0.1, -0.05) is 32.4 Å². The second-order valence-electron chi connectivity index (χ2n) is 5.79. The minimum atomic E-state index is -0.761. The summed E-state index contributed by atoms with van der Waals surface area (Å²) in [5.41, 5.74) is -0.0162. The van der Waals surface area contributed by atoms with Crippen LogP contribution in [0, 0.1) is 11.7 Å². The number of halogens is 1. The molecule has 0 aliphatic rings. The van der Waals surface area contributed by atoms with Crippen molar-refractivity contribution in [1.29, 1.82) is 0 Å². The molecule has 112 valence electrons. The van der Waals surface area contributed by atoms with Gasteiger partial charge in [0, 0.05) is 6.54 Å². The zero-order valence-corrected chi connectivity index (χ0v) is 12.6. The van der Waals surface area contributed by atoms with Crippen molar-refractivity contribution >= 4 is 5.91 Å². The number of carbonyl (C=O) groups is 1. The summed E-state index contributed by atoms with van der Waals surface area (Å²) in [6, 6.07) is 5.91. The fraction of sp³-hybridized carbons (Fsp3) is 0.562. The predicted molar refractivity (Wildman–Crippen MR) is 77.9 cm³/mol. The predicted octanol–water partition coefficient (Wildman–Crippen LogP) is 2.63. The maximum absolute atomic E-state index is 12.9. The minimum Gasteiger partial charge on any atom is -0.391 e. The van der Waals surface area contributed by atoms with Crippen LogP contribution in [0.25, 0.3) is 0 Å². The molecule has 0 spiro atoms. The lowest BCUT2D eigenvalue weighted by Gasteiger charge is -2.26. The fourth-order valence-electron chi connectivity index (χ4n) is 1.89. The molecular formula is C16H24FNO2. The molecule has 1 rings (SSSR count). The van der Waals surface area contributed by atoms with Crippen LogP contribution in [0.15, 0.2) is 24.3 Å². The summed E-state index contributed by atoms with van der Waals surface area (Å²) in [4.78, 5) is 12.2. The summed E-state index contributed by atoms with van der Waals surface area (Å²) in [7, 11) is 0. The summed E-state index contributed by atoms with van der Waals surface area (Å²) < 4.78 is 12.9. The highest BCUT2D eigenvalue weighted by Crippen LogP contribution is 2.23. The third-order valence-corrected chi connectivity index (χ3v) is 3.91. The van der Waals surface area contributed by atoms with E-state index in [-0.39, 0.29) is 24.2 Å². The Hall–Kier alpha value is -1.42. The van der Waals surface area contributed by atoms with Crippen LogP contribution in [0.4, 0.5) is 4.39 Å². The summed E-state index contributed by atoms with van der Waals surface area (Å²) in [6.45, 7) is 7.75. The zero-order valence-electron chi connectivity index (χ0n) is 12.6. The maximum atomic E-state index is 12.9. The Labute approximate surface area is 120 Å². The Morgan fingerprint density at radius 2 is 1.90 bits per heavy atom. The second kappa shape index (κ2) is 6.84. The van der Waals surface area contributed by atoms with Gasteiger partial charge in [0.05, 0.1) is 11.5 Å². The quantitative estimate of drug-likeness (QED) is 0.842. The number of aliphatic hydroxyl groups excluding tert-OH is 1. The standard InChI is InChI=1S/C16H24FNO2/c1-5-11(2)14(19)10-18-15(20)16(3,4)12-6-8-13(17)9-7-12/h6-9,11,14,19H,5,10H2,1-4H3,(H,18,20). The number of benzene rings is 1. The molecule has 0 aromatic heterocycles. The van der Waals surface area contributed by atoms with Crippen LogP contribution in [0.3, 0.4) is 0 Å². The normalized spacial score (nSPS) is 14.7. The first-order valence-electron chi connectivity index (χ1n) is 7.01. The van der Waals surface area contributed by atoms with Crippen molar-refractivity contribution in [3.05, 3.63) is 35.6 Å². The van der Waals surface area contributed by atoms with Gasteiger partial charge in [-0.25, -0.2) is 4.39 Å². The van der Waals surface area contributed by atoms with E-state index in [9.17, 15) is 14.3 Å². The molecule has 3 nitrogen and oxygen atoms in total. The number of carbonyl (C=O) groups excluding carboxylic acids is 1. The van der Waals surface area contributed by atoms with E-state index in [4.69, 9.17) is 0 Å². The highest BCUT2D eigenvalue weighted by molar-refractivity contribution is 5.87. The lowest BCUT2D eigenvalue weighted by atomic mass is 9.83. The average Bonchev–Trinajstić information content (AvgIpc) is 2.43. The molecule has 4 heteroatoms.